The third-order valence-corrected chi connectivity index (χ3v) is 8.21. The average Bonchev–Trinajstić information content (AvgIpc) is 3.65. The lowest BCUT2D eigenvalue weighted by atomic mass is 9.93. The standard InChI is InChI=1S/C28H35N9O3S/c1-17-16-39-12-11-36(17)10-9-29-25-30-14-21-24(34-25)41-27-32-20(15-37(21)27)18-5-7-19(8-6-18)31-26(38)33-23-13-22(40-35-23)28(2,3)4/h5-7,13-15,17,19H,8-12,16H2,1-4H3,(H,29,30,34)(H2,31,33,35,38). The Morgan fingerprint density at radius 1 is 1.27 bits per heavy atom. The van der Waals surface area contributed by atoms with Crippen molar-refractivity contribution in [2.45, 2.75) is 51.6 Å². The Balaban J connectivity index is 1.04. The van der Waals surface area contributed by atoms with Gasteiger partial charge in [0.1, 0.15) is 16.1 Å². The number of thiazole rings is 1. The maximum atomic E-state index is 12.5. The van der Waals surface area contributed by atoms with Crippen LogP contribution in [0, 0.1) is 0 Å². The van der Waals surface area contributed by atoms with Gasteiger partial charge in [0, 0.05) is 43.4 Å². The van der Waals surface area contributed by atoms with Gasteiger partial charge in [0.25, 0.3) is 0 Å². The van der Waals surface area contributed by atoms with Crippen molar-refractivity contribution in [2.75, 3.05) is 43.5 Å². The molecule has 5 heterocycles. The highest BCUT2D eigenvalue weighted by molar-refractivity contribution is 7.23. The molecule has 1 saturated heterocycles. The predicted octanol–water partition coefficient (Wildman–Crippen LogP) is 4.29. The Bertz CT molecular complexity index is 1610. The number of nitrogens with one attached hydrogen (secondary N) is 3. The summed E-state index contributed by atoms with van der Waals surface area (Å²) in [5, 5.41) is 13.0. The largest absolute Gasteiger partial charge is 0.379 e. The first-order valence-electron chi connectivity index (χ1n) is 13.9. The Morgan fingerprint density at radius 3 is 2.90 bits per heavy atom. The first-order valence-corrected chi connectivity index (χ1v) is 14.7. The van der Waals surface area contributed by atoms with Crippen molar-refractivity contribution in [3.8, 4) is 0 Å². The molecule has 4 aromatic heterocycles. The summed E-state index contributed by atoms with van der Waals surface area (Å²) in [4.78, 5) is 30.7. The molecule has 4 aromatic rings. The highest BCUT2D eigenvalue weighted by atomic mass is 32.1. The van der Waals surface area contributed by atoms with Crippen LogP contribution in [0.2, 0.25) is 0 Å². The van der Waals surface area contributed by atoms with Crippen molar-refractivity contribution < 1.29 is 14.1 Å². The summed E-state index contributed by atoms with van der Waals surface area (Å²) in [5.74, 6) is 1.73. The summed E-state index contributed by atoms with van der Waals surface area (Å²) in [7, 11) is 0. The zero-order valence-electron chi connectivity index (χ0n) is 23.7. The zero-order chi connectivity index (χ0) is 28.6. The van der Waals surface area contributed by atoms with Gasteiger partial charge in [-0.1, -0.05) is 55.5 Å². The summed E-state index contributed by atoms with van der Waals surface area (Å²) in [5.41, 5.74) is 2.63. The van der Waals surface area contributed by atoms with Gasteiger partial charge in [0.15, 0.2) is 10.8 Å². The molecular weight excluding hydrogens is 542 g/mol. The molecule has 2 unspecified atom stereocenters. The number of hydrogen-bond acceptors (Lipinski definition) is 10. The number of imidazole rings is 1. The van der Waals surface area contributed by atoms with E-state index in [1.807, 2.05) is 49.7 Å². The van der Waals surface area contributed by atoms with Gasteiger partial charge >= 0.3 is 6.03 Å². The molecule has 216 valence electrons. The van der Waals surface area contributed by atoms with Crippen molar-refractivity contribution in [1.29, 1.82) is 0 Å². The summed E-state index contributed by atoms with van der Waals surface area (Å²) in [6, 6.07) is 1.71. The number of carbonyl (C=O) groups excluding carboxylic acids is 1. The SMILES string of the molecule is CC1COCCN1CCNc1ncc2c(n1)sc1nc(C3=CCC(NC(=O)Nc4cc(C(C)(C)C)on4)C=C3)cn12. The van der Waals surface area contributed by atoms with Gasteiger partial charge in [-0.3, -0.25) is 14.6 Å². The van der Waals surface area contributed by atoms with Crippen LogP contribution in [0.25, 0.3) is 20.9 Å². The number of aromatic nitrogens is 5. The maximum Gasteiger partial charge on any atom is 0.320 e. The smallest absolute Gasteiger partial charge is 0.320 e. The summed E-state index contributed by atoms with van der Waals surface area (Å²) in [6.07, 6.45) is 10.6. The molecule has 2 atom stereocenters. The van der Waals surface area contributed by atoms with E-state index in [4.69, 9.17) is 19.2 Å². The van der Waals surface area contributed by atoms with E-state index in [9.17, 15) is 4.79 Å². The van der Waals surface area contributed by atoms with Crippen molar-refractivity contribution in [3.63, 3.8) is 0 Å². The van der Waals surface area contributed by atoms with E-state index in [1.54, 1.807) is 6.07 Å². The Morgan fingerprint density at radius 2 is 2.15 bits per heavy atom. The van der Waals surface area contributed by atoms with Gasteiger partial charge in [-0.05, 0) is 18.9 Å². The number of ether oxygens (including phenoxy) is 1. The highest BCUT2D eigenvalue weighted by Crippen LogP contribution is 2.29. The molecule has 3 N–H and O–H groups in total. The molecule has 13 heteroatoms. The quantitative estimate of drug-likeness (QED) is 0.294. The third-order valence-electron chi connectivity index (χ3n) is 7.25. The molecule has 1 aliphatic carbocycles. The molecule has 0 radical (unpaired) electrons. The second-order valence-corrected chi connectivity index (χ2v) is 12.4. The lowest BCUT2D eigenvalue weighted by molar-refractivity contribution is 0.00180. The average molecular weight is 578 g/mol. The van der Waals surface area contributed by atoms with Gasteiger partial charge in [0.2, 0.25) is 5.95 Å². The molecule has 1 fully saturated rings. The number of rotatable bonds is 7. The summed E-state index contributed by atoms with van der Waals surface area (Å²) < 4.78 is 12.9. The molecule has 0 spiro atoms. The normalized spacial score (nSPS) is 20.0. The number of hydrogen-bond donors (Lipinski definition) is 3. The fourth-order valence-corrected chi connectivity index (χ4v) is 5.80. The fourth-order valence-electron chi connectivity index (χ4n) is 4.85. The van der Waals surface area contributed by atoms with E-state index in [-0.39, 0.29) is 17.5 Å². The first-order chi connectivity index (χ1) is 19.7. The molecule has 6 rings (SSSR count). The molecule has 0 saturated carbocycles. The number of fused-ring (bicyclic) bond motifs is 3. The lowest BCUT2D eigenvalue weighted by Gasteiger charge is -2.33. The molecular formula is C28H35N9O3S. The molecule has 12 nitrogen and oxygen atoms in total. The number of nitrogens with zero attached hydrogens (tertiary/aromatic N) is 6. The van der Waals surface area contributed by atoms with Crippen molar-refractivity contribution in [2.24, 2.45) is 0 Å². The van der Waals surface area contributed by atoms with Crippen LogP contribution in [0.4, 0.5) is 16.6 Å². The summed E-state index contributed by atoms with van der Waals surface area (Å²) in [6.45, 7) is 12.5. The van der Waals surface area contributed by atoms with E-state index >= 15 is 0 Å². The van der Waals surface area contributed by atoms with E-state index in [0.29, 0.717) is 30.0 Å². The van der Waals surface area contributed by atoms with Crippen LogP contribution >= 0.6 is 11.3 Å². The predicted molar refractivity (Wildman–Crippen MR) is 159 cm³/mol. The van der Waals surface area contributed by atoms with Crippen LogP contribution in [-0.2, 0) is 10.2 Å². The molecule has 1 aliphatic heterocycles. The van der Waals surface area contributed by atoms with Gasteiger partial charge in [0.05, 0.1) is 31.1 Å². The van der Waals surface area contributed by atoms with Crippen molar-refractivity contribution >= 4 is 50.0 Å². The first kappa shape index (κ1) is 27.4. The monoisotopic (exact) mass is 577 g/mol. The van der Waals surface area contributed by atoms with Crippen molar-refractivity contribution in [3.05, 3.63) is 48.1 Å². The number of morpholine rings is 1. The van der Waals surface area contributed by atoms with Gasteiger partial charge in [-0.25, -0.2) is 19.7 Å². The second kappa shape index (κ2) is 11.2. The van der Waals surface area contributed by atoms with E-state index < -0.39 is 0 Å². The molecule has 41 heavy (non-hydrogen) atoms. The molecule has 0 aromatic carbocycles. The minimum atomic E-state index is -0.330. The topological polar surface area (TPSA) is 135 Å². The zero-order valence-corrected chi connectivity index (χ0v) is 24.5. The van der Waals surface area contributed by atoms with E-state index in [0.717, 1.165) is 59.4 Å². The third kappa shape index (κ3) is 6.11. The molecule has 2 amide bonds. The van der Waals surface area contributed by atoms with Crippen LogP contribution in [-0.4, -0.2) is 80.4 Å². The van der Waals surface area contributed by atoms with E-state index in [2.05, 4.69) is 44.0 Å². The van der Waals surface area contributed by atoms with Gasteiger partial charge in [-0.2, -0.15) is 0 Å². The minimum absolute atomic E-state index is 0.136. The Hall–Kier alpha value is -3.81. The van der Waals surface area contributed by atoms with E-state index in [1.165, 1.54) is 11.3 Å². The number of anilines is 2. The second-order valence-electron chi connectivity index (χ2n) is 11.4. The van der Waals surface area contributed by atoms with Crippen LogP contribution in [0.5, 0.6) is 0 Å². The number of allylic oxidation sites excluding steroid dienone is 2. The van der Waals surface area contributed by atoms with Crippen LogP contribution in [0.15, 0.2) is 41.2 Å². The number of carbonyl (C=O) groups is 1. The Kier molecular flexibility index (Phi) is 7.49. The van der Waals surface area contributed by atoms with Gasteiger partial charge in [-0.15, -0.1) is 0 Å². The summed E-state index contributed by atoms with van der Waals surface area (Å²) >= 11 is 1.54. The number of amides is 2. The van der Waals surface area contributed by atoms with Crippen LogP contribution in [0.1, 0.15) is 45.6 Å². The van der Waals surface area contributed by atoms with Crippen molar-refractivity contribution in [1.82, 2.24) is 34.7 Å². The molecule has 0 bridgehead atoms. The lowest BCUT2D eigenvalue weighted by Crippen LogP contribution is -2.45. The Labute approximate surface area is 241 Å². The highest BCUT2D eigenvalue weighted by Gasteiger charge is 2.22. The molecule has 2 aliphatic rings. The number of urea groups is 1. The van der Waals surface area contributed by atoms with Gasteiger partial charge < -0.3 is 19.9 Å². The van der Waals surface area contributed by atoms with Crippen LogP contribution < -0.4 is 16.0 Å². The fraction of sp³-hybridized carbons (Fsp3) is 0.464. The maximum absolute atomic E-state index is 12.5. The minimum Gasteiger partial charge on any atom is -0.379 e. The van der Waals surface area contributed by atoms with Crippen LogP contribution in [0.3, 0.4) is 0 Å².